The predicted octanol–water partition coefficient (Wildman–Crippen LogP) is 5.27. The maximum absolute atomic E-state index is 12.1. The van der Waals surface area contributed by atoms with E-state index >= 15 is 0 Å². The van der Waals surface area contributed by atoms with Gasteiger partial charge in [-0.1, -0.05) is 61.3 Å². The van der Waals surface area contributed by atoms with Crippen LogP contribution in [0.2, 0.25) is 0 Å². The number of amides is 2. The van der Waals surface area contributed by atoms with E-state index in [9.17, 15) is 4.79 Å². The summed E-state index contributed by atoms with van der Waals surface area (Å²) < 4.78 is 0. The third-order valence-corrected chi connectivity index (χ3v) is 4.79. The average molecular weight is 394 g/mol. The first kappa shape index (κ1) is 20.4. The average Bonchev–Trinajstić information content (AvgIpc) is 2.82. The zero-order valence-corrected chi connectivity index (χ0v) is 16.6. The van der Waals surface area contributed by atoms with Crippen molar-refractivity contribution >= 4 is 34.9 Å². The molecule has 1 aliphatic carbocycles. The second kappa shape index (κ2) is 10.3. The molecule has 0 aromatic heterocycles. The molecule has 0 saturated carbocycles. The van der Waals surface area contributed by atoms with E-state index in [2.05, 4.69) is 28.1 Å². The Labute approximate surface area is 165 Å². The first-order valence-corrected chi connectivity index (χ1v) is 9.69. The lowest BCUT2D eigenvalue weighted by Crippen LogP contribution is -2.42. The normalized spacial score (nSPS) is 18.5. The van der Waals surface area contributed by atoms with Gasteiger partial charge in [0.25, 0.3) is 0 Å². The number of anilines is 1. The molecule has 1 aromatic rings. The lowest BCUT2D eigenvalue weighted by molar-refractivity contribution is 0.242. The quantitative estimate of drug-likeness (QED) is 0.654. The van der Waals surface area contributed by atoms with E-state index < -0.39 is 0 Å². The van der Waals surface area contributed by atoms with E-state index in [1.165, 1.54) is 5.56 Å². The van der Waals surface area contributed by atoms with Crippen LogP contribution in [0.1, 0.15) is 32.3 Å². The molecule has 1 unspecified atom stereocenters. The van der Waals surface area contributed by atoms with Gasteiger partial charge in [-0.3, -0.25) is 0 Å². The summed E-state index contributed by atoms with van der Waals surface area (Å²) in [4.78, 5) is 12.1. The Bertz CT molecular complexity index is 726. The van der Waals surface area contributed by atoms with E-state index in [4.69, 9.17) is 23.2 Å². The Morgan fingerprint density at radius 2 is 2.00 bits per heavy atom. The van der Waals surface area contributed by atoms with Gasteiger partial charge in [-0.05, 0) is 36.6 Å². The Hall–Kier alpha value is -1.91. The lowest BCUT2D eigenvalue weighted by Gasteiger charge is -2.27. The van der Waals surface area contributed by atoms with Crippen molar-refractivity contribution in [1.82, 2.24) is 10.6 Å². The smallest absolute Gasteiger partial charge is 0.319 e. The van der Waals surface area contributed by atoms with Crippen LogP contribution < -0.4 is 16.0 Å². The van der Waals surface area contributed by atoms with Gasteiger partial charge >= 0.3 is 6.03 Å². The minimum Gasteiger partial charge on any atom is -0.380 e. The number of urea groups is 1. The highest BCUT2D eigenvalue weighted by Crippen LogP contribution is 2.24. The Morgan fingerprint density at radius 1 is 1.23 bits per heavy atom. The minimum absolute atomic E-state index is 0.228. The second-order valence-corrected chi connectivity index (χ2v) is 6.66. The van der Waals surface area contributed by atoms with Crippen molar-refractivity contribution in [2.45, 2.75) is 39.2 Å². The first-order valence-electron chi connectivity index (χ1n) is 8.93. The molecule has 2 amide bonds. The molecular weight excluding hydrogens is 369 g/mol. The van der Waals surface area contributed by atoms with Gasteiger partial charge in [0.1, 0.15) is 0 Å². The Morgan fingerprint density at radius 3 is 2.81 bits per heavy atom. The molecule has 1 aromatic carbocycles. The minimum atomic E-state index is -0.238. The maximum atomic E-state index is 12.1. The SMILES string of the molecule is CC.O=C(NCC1CCc2ccccc2N1)NC1=CC(Cl)=C(Cl)C=CC1. The number of aryl methyl sites for hydroxylation is 1. The summed E-state index contributed by atoms with van der Waals surface area (Å²) in [5.41, 5.74) is 3.19. The molecule has 140 valence electrons. The first-order chi connectivity index (χ1) is 12.6. The number of allylic oxidation sites excluding steroid dienone is 5. The molecule has 3 N–H and O–H groups in total. The molecule has 6 heteroatoms. The van der Waals surface area contributed by atoms with Crippen LogP contribution in [-0.2, 0) is 6.42 Å². The van der Waals surface area contributed by atoms with E-state index in [0.717, 1.165) is 18.5 Å². The molecule has 4 nitrogen and oxygen atoms in total. The van der Waals surface area contributed by atoms with Gasteiger partial charge < -0.3 is 16.0 Å². The monoisotopic (exact) mass is 393 g/mol. The molecule has 0 saturated heterocycles. The van der Waals surface area contributed by atoms with E-state index in [1.54, 1.807) is 12.2 Å². The number of nitrogens with one attached hydrogen (secondary N) is 3. The van der Waals surface area contributed by atoms with Crippen molar-refractivity contribution in [3.05, 3.63) is 63.8 Å². The number of hydrogen-bond acceptors (Lipinski definition) is 2. The number of carbonyl (C=O) groups excluding carboxylic acids is 1. The van der Waals surface area contributed by atoms with Crippen molar-refractivity contribution in [1.29, 1.82) is 0 Å². The molecule has 1 atom stereocenters. The fourth-order valence-corrected chi connectivity index (χ4v) is 3.14. The van der Waals surface area contributed by atoms with Crippen LogP contribution in [0, 0.1) is 0 Å². The summed E-state index contributed by atoms with van der Waals surface area (Å²) >= 11 is 12.0. The van der Waals surface area contributed by atoms with Crippen LogP contribution in [0.4, 0.5) is 10.5 Å². The number of fused-ring (bicyclic) bond motifs is 1. The van der Waals surface area contributed by atoms with Gasteiger partial charge in [0.15, 0.2) is 0 Å². The molecule has 26 heavy (non-hydrogen) atoms. The molecule has 3 rings (SSSR count). The molecule has 1 aliphatic heterocycles. The van der Waals surface area contributed by atoms with Gasteiger partial charge in [-0.25, -0.2) is 4.79 Å². The number of hydrogen-bond donors (Lipinski definition) is 3. The number of benzene rings is 1. The summed E-state index contributed by atoms with van der Waals surface area (Å²) in [7, 11) is 0. The fourth-order valence-electron chi connectivity index (χ4n) is 2.80. The second-order valence-electron chi connectivity index (χ2n) is 5.84. The molecule has 1 heterocycles. The summed E-state index contributed by atoms with van der Waals surface area (Å²) in [6.45, 7) is 4.56. The van der Waals surface area contributed by atoms with Crippen molar-refractivity contribution in [3.63, 3.8) is 0 Å². The van der Waals surface area contributed by atoms with Gasteiger partial charge in [0.2, 0.25) is 0 Å². The topological polar surface area (TPSA) is 53.2 Å². The molecule has 0 fully saturated rings. The zero-order chi connectivity index (χ0) is 18.9. The molecule has 0 bridgehead atoms. The van der Waals surface area contributed by atoms with Crippen LogP contribution in [0.15, 0.2) is 58.3 Å². The van der Waals surface area contributed by atoms with Crippen LogP contribution in [0.25, 0.3) is 0 Å². The van der Waals surface area contributed by atoms with E-state index in [-0.39, 0.29) is 12.1 Å². The zero-order valence-electron chi connectivity index (χ0n) is 15.1. The number of carbonyl (C=O) groups is 1. The standard InChI is InChI=1S/C18H19Cl2N3O.C2H6/c19-15-6-3-5-13(10-16(15)20)23-18(24)21-11-14-9-8-12-4-1-2-7-17(12)22-14;1-2/h1-4,6-7,10,14,22H,5,8-9,11H2,(H2,21,23,24);1-2H3. The summed E-state index contributed by atoms with van der Waals surface area (Å²) in [6.07, 6.45) is 7.87. The lowest BCUT2D eigenvalue weighted by atomic mass is 9.98. The van der Waals surface area contributed by atoms with Gasteiger partial charge in [-0.15, -0.1) is 0 Å². The maximum Gasteiger partial charge on any atom is 0.319 e. The van der Waals surface area contributed by atoms with Crippen LogP contribution >= 0.6 is 23.2 Å². The largest absolute Gasteiger partial charge is 0.380 e. The highest BCUT2D eigenvalue weighted by atomic mass is 35.5. The van der Waals surface area contributed by atoms with Crippen molar-refractivity contribution in [3.8, 4) is 0 Å². The van der Waals surface area contributed by atoms with Crippen molar-refractivity contribution in [2.75, 3.05) is 11.9 Å². The highest BCUT2D eigenvalue weighted by Gasteiger charge is 2.18. The molecule has 0 spiro atoms. The number of rotatable bonds is 3. The van der Waals surface area contributed by atoms with E-state index in [0.29, 0.717) is 28.7 Å². The van der Waals surface area contributed by atoms with Gasteiger partial charge in [0.05, 0.1) is 10.1 Å². The molecular formula is C20H25Cl2N3O. The van der Waals surface area contributed by atoms with Crippen molar-refractivity contribution in [2.24, 2.45) is 0 Å². The summed E-state index contributed by atoms with van der Waals surface area (Å²) in [5, 5.41) is 10.1. The molecule has 0 radical (unpaired) electrons. The predicted molar refractivity (Wildman–Crippen MR) is 111 cm³/mol. The van der Waals surface area contributed by atoms with Gasteiger partial charge in [0, 0.05) is 30.4 Å². The fraction of sp³-hybridized carbons (Fsp3) is 0.350. The Balaban J connectivity index is 0.00000117. The molecule has 2 aliphatic rings. The van der Waals surface area contributed by atoms with Crippen LogP contribution in [0.3, 0.4) is 0 Å². The van der Waals surface area contributed by atoms with Crippen LogP contribution in [-0.4, -0.2) is 18.6 Å². The van der Waals surface area contributed by atoms with Gasteiger partial charge in [-0.2, -0.15) is 0 Å². The highest BCUT2D eigenvalue weighted by molar-refractivity contribution is 6.41. The third kappa shape index (κ3) is 5.82. The summed E-state index contributed by atoms with van der Waals surface area (Å²) in [6, 6.07) is 8.26. The number of para-hydroxylation sites is 1. The van der Waals surface area contributed by atoms with Crippen LogP contribution in [0.5, 0.6) is 0 Å². The number of halogens is 2. The summed E-state index contributed by atoms with van der Waals surface area (Å²) in [5.74, 6) is 0. The van der Waals surface area contributed by atoms with E-state index in [1.807, 2.05) is 32.1 Å². The Kier molecular flexibility index (Phi) is 8.07. The third-order valence-electron chi connectivity index (χ3n) is 4.05. The van der Waals surface area contributed by atoms with Crippen molar-refractivity contribution < 1.29 is 4.79 Å².